The van der Waals surface area contributed by atoms with E-state index in [1.807, 2.05) is 11.6 Å². The lowest BCUT2D eigenvalue weighted by Gasteiger charge is -2.21. The van der Waals surface area contributed by atoms with Crippen LogP contribution in [0.2, 0.25) is 0 Å². The van der Waals surface area contributed by atoms with Gasteiger partial charge >= 0.3 is 0 Å². The lowest BCUT2D eigenvalue weighted by atomic mass is 10.0. The number of aromatic nitrogens is 5. The molecule has 1 atom stereocenters. The van der Waals surface area contributed by atoms with Crippen molar-refractivity contribution >= 4 is 5.82 Å². The number of ether oxygens (including phenoxy) is 1. The molecule has 2 bridgehead atoms. The zero-order valence-electron chi connectivity index (χ0n) is 17.0. The molecule has 0 saturated heterocycles. The molecule has 0 fully saturated rings. The third-order valence-electron chi connectivity index (χ3n) is 5.51. The first-order valence-corrected chi connectivity index (χ1v) is 9.95. The molecule has 0 amide bonds. The van der Waals surface area contributed by atoms with E-state index in [0.717, 1.165) is 23.0 Å². The van der Waals surface area contributed by atoms with Gasteiger partial charge in [0.05, 0.1) is 29.5 Å². The standard InChI is InChI=1S/C22H20F2N6O/c1-3-29-21-13(10-27-29)6-19-17(24)11-28-30(19)18-5-4-15(23)8-16(18)12(2)31-20-7-14(21)9-26-22(20)25/h4-5,7-12H,3,6H2,1-2H3,(H2,25,26)/t12-/m1/s1. The lowest BCUT2D eigenvalue weighted by Crippen LogP contribution is -2.14. The summed E-state index contributed by atoms with van der Waals surface area (Å²) < 4.78 is 38.4. The molecule has 0 saturated carbocycles. The molecule has 7 nitrogen and oxygen atoms in total. The number of halogens is 2. The monoisotopic (exact) mass is 422 g/mol. The first kappa shape index (κ1) is 19.2. The van der Waals surface area contributed by atoms with Gasteiger partial charge in [-0.2, -0.15) is 10.2 Å². The Kier molecular flexibility index (Phi) is 4.46. The van der Waals surface area contributed by atoms with E-state index in [1.165, 1.54) is 16.8 Å². The van der Waals surface area contributed by atoms with Gasteiger partial charge in [0.25, 0.3) is 0 Å². The third-order valence-corrected chi connectivity index (χ3v) is 5.51. The summed E-state index contributed by atoms with van der Waals surface area (Å²) in [5.74, 6) is -0.281. The first-order chi connectivity index (χ1) is 15.0. The van der Waals surface area contributed by atoms with Gasteiger partial charge in [0, 0.05) is 35.9 Å². The van der Waals surface area contributed by atoms with Gasteiger partial charge in [-0.1, -0.05) is 0 Å². The lowest BCUT2D eigenvalue weighted by molar-refractivity contribution is 0.226. The molecule has 3 aromatic heterocycles. The van der Waals surface area contributed by atoms with Gasteiger partial charge in [0.15, 0.2) is 17.4 Å². The van der Waals surface area contributed by atoms with Gasteiger partial charge in [0.1, 0.15) is 11.9 Å². The van der Waals surface area contributed by atoms with Crippen LogP contribution < -0.4 is 10.5 Å². The Balaban J connectivity index is 1.82. The van der Waals surface area contributed by atoms with Crippen molar-refractivity contribution in [2.75, 3.05) is 5.73 Å². The minimum atomic E-state index is -0.597. The second kappa shape index (κ2) is 7.19. The van der Waals surface area contributed by atoms with Gasteiger partial charge in [-0.05, 0) is 38.1 Å². The Morgan fingerprint density at radius 1 is 1.16 bits per heavy atom. The largest absolute Gasteiger partial charge is 0.482 e. The summed E-state index contributed by atoms with van der Waals surface area (Å²) >= 11 is 0. The first-order valence-electron chi connectivity index (χ1n) is 9.95. The molecule has 1 aromatic carbocycles. The van der Waals surface area contributed by atoms with E-state index in [1.54, 1.807) is 31.5 Å². The van der Waals surface area contributed by atoms with Gasteiger partial charge in [0.2, 0.25) is 0 Å². The molecule has 1 aliphatic rings. The number of rotatable bonds is 1. The topological polar surface area (TPSA) is 83.8 Å². The Bertz CT molecular complexity index is 1300. The minimum Gasteiger partial charge on any atom is -0.482 e. The van der Waals surface area contributed by atoms with Gasteiger partial charge in [-0.25, -0.2) is 18.4 Å². The summed E-state index contributed by atoms with van der Waals surface area (Å²) in [7, 11) is 0. The second-order valence-corrected chi connectivity index (χ2v) is 7.43. The fourth-order valence-electron chi connectivity index (χ4n) is 4.01. The maximum absolute atomic E-state index is 14.8. The van der Waals surface area contributed by atoms with E-state index in [2.05, 4.69) is 15.2 Å². The maximum Gasteiger partial charge on any atom is 0.166 e. The quantitative estimate of drug-likeness (QED) is 0.500. The number of aryl methyl sites for hydroxylation is 1. The van der Waals surface area contributed by atoms with E-state index in [0.29, 0.717) is 29.2 Å². The summed E-state index contributed by atoms with van der Waals surface area (Å²) in [5, 5.41) is 8.69. The molecular formula is C22H20F2N6O. The van der Waals surface area contributed by atoms with E-state index in [-0.39, 0.29) is 12.2 Å². The van der Waals surface area contributed by atoms with E-state index in [4.69, 9.17) is 10.5 Å². The average Bonchev–Trinajstić information content (AvgIpc) is 3.33. The molecule has 4 aromatic rings. The highest BCUT2D eigenvalue weighted by Gasteiger charge is 2.24. The summed E-state index contributed by atoms with van der Waals surface area (Å²) in [5.41, 5.74) is 9.82. The van der Waals surface area contributed by atoms with Crippen LogP contribution in [0.15, 0.2) is 42.9 Å². The van der Waals surface area contributed by atoms with Crippen molar-refractivity contribution in [1.82, 2.24) is 24.5 Å². The molecule has 1 aliphatic heterocycles. The van der Waals surface area contributed by atoms with Crippen LogP contribution in [0.4, 0.5) is 14.6 Å². The van der Waals surface area contributed by atoms with Crippen molar-refractivity contribution in [3.8, 4) is 22.7 Å². The van der Waals surface area contributed by atoms with Crippen LogP contribution in [0.3, 0.4) is 0 Å². The molecule has 2 N–H and O–H groups in total. The molecule has 0 radical (unpaired) electrons. The van der Waals surface area contributed by atoms with Crippen LogP contribution in [-0.2, 0) is 13.0 Å². The van der Waals surface area contributed by atoms with Crippen molar-refractivity contribution < 1.29 is 13.5 Å². The second-order valence-electron chi connectivity index (χ2n) is 7.43. The van der Waals surface area contributed by atoms with Crippen molar-refractivity contribution in [3.63, 3.8) is 0 Å². The smallest absolute Gasteiger partial charge is 0.166 e. The summed E-state index contributed by atoms with van der Waals surface area (Å²) in [6.07, 6.45) is 4.17. The Labute approximate surface area is 177 Å². The molecule has 9 heteroatoms. The molecule has 5 rings (SSSR count). The number of fused-ring (bicyclic) bond motifs is 7. The SMILES string of the molecule is CCn1ncc2c1-c1cnc(N)c(c1)O[C@H](C)c1cc(F)ccc1-n1ncc(F)c1C2. The Morgan fingerprint density at radius 3 is 2.81 bits per heavy atom. The highest BCUT2D eigenvalue weighted by atomic mass is 19.1. The zero-order chi connectivity index (χ0) is 21.7. The van der Waals surface area contributed by atoms with Crippen LogP contribution in [-0.4, -0.2) is 24.5 Å². The predicted molar refractivity (Wildman–Crippen MR) is 111 cm³/mol. The number of hydrogen-bond donors (Lipinski definition) is 1. The number of pyridine rings is 1. The van der Waals surface area contributed by atoms with Gasteiger partial charge in [-0.15, -0.1) is 0 Å². The normalized spacial score (nSPS) is 15.2. The average molecular weight is 422 g/mol. The van der Waals surface area contributed by atoms with Crippen molar-refractivity contribution in [2.24, 2.45) is 0 Å². The molecule has 0 spiro atoms. The number of nitrogens with zero attached hydrogens (tertiary/aromatic N) is 5. The molecule has 0 unspecified atom stereocenters. The van der Waals surface area contributed by atoms with Crippen LogP contribution in [0.25, 0.3) is 16.9 Å². The zero-order valence-corrected chi connectivity index (χ0v) is 17.0. The maximum atomic E-state index is 14.8. The predicted octanol–water partition coefficient (Wildman–Crippen LogP) is 4.06. The number of nitrogen functional groups attached to an aromatic ring is 1. The Hall–Kier alpha value is -3.75. The highest BCUT2D eigenvalue weighted by Crippen LogP contribution is 2.36. The molecular weight excluding hydrogens is 402 g/mol. The van der Waals surface area contributed by atoms with Crippen LogP contribution in [0, 0.1) is 11.6 Å². The number of hydrogen-bond acceptors (Lipinski definition) is 5. The summed E-state index contributed by atoms with van der Waals surface area (Å²) in [4.78, 5) is 4.29. The minimum absolute atomic E-state index is 0.223. The number of benzene rings is 1. The van der Waals surface area contributed by atoms with Crippen LogP contribution in [0.1, 0.15) is 36.8 Å². The summed E-state index contributed by atoms with van der Waals surface area (Å²) in [6.45, 7) is 4.37. The Morgan fingerprint density at radius 2 is 2.00 bits per heavy atom. The van der Waals surface area contributed by atoms with E-state index >= 15 is 0 Å². The fraction of sp³-hybridized carbons (Fsp3) is 0.227. The number of anilines is 1. The molecule has 4 heterocycles. The van der Waals surface area contributed by atoms with Crippen LogP contribution in [0.5, 0.6) is 5.75 Å². The van der Waals surface area contributed by atoms with Gasteiger partial charge in [-0.3, -0.25) is 4.68 Å². The van der Waals surface area contributed by atoms with Crippen molar-refractivity contribution in [2.45, 2.75) is 32.9 Å². The third kappa shape index (κ3) is 3.13. The highest BCUT2D eigenvalue weighted by molar-refractivity contribution is 5.68. The number of nitrogens with two attached hydrogens (primary N) is 1. The van der Waals surface area contributed by atoms with Crippen LogP contribution >= 0.6 is 0 Å². The molecule has 158 valence electrons. The molecule has 0 aliphatic carbocycles. The van der Waals surface area contributed by atoms with Crippen molar-refractivity contribution in [3.05, 3.63) is 71.3 Å². The van der Waals surface area contributed by atoms with E-state index in [9.17, 15) is 8.78 Å². The fourth-order valence-corrected chi connectivity index (χ4v) is 4.01. The van der Waals surface area contributed by atoms with E-state index < -0.39 is 17.7 Å². The summed E-state index contributed by atoms with van der Waals surface area (Å²) in [6, 6.07) is 6.04. The van der Waals surface area contributed by atoms with Crippen molar-refractivity contribution in [1.29, 1.82) is 0 Å². The molecule has 31 heavy (non-hydrogen) atoms. The van der Waals surface area contributed by atoms with Gasteiger partial charge < -0.3 is 10.5 Å².